The van der Waals surface area contributed by atoms with Gasteiger partial charge in [-0.05, 0) is 51.0 Å². The zero-order valence-corrected chi connectivity index (χ0v) is 11.0. The summed E-state index contributed by atoms with van der Waals surface area (Å²) in [6.45, 7) is 10.6. The molecule has 0 unspecified atom stereocenters. The van der Waals surface area contributed by atoms with Crippen LogP contribution in [-0.2, 0) is 0 Å². The van der Waals surface area contributed by atoms with Crippen LogP contribution in [-0.4, -0.2) is 29.5 Å². The van der Waals surface area contributed by atoms with Crippen molar-refractivity contribution >= 4 is 0 Å². The standard InChI is InChI=1S/C9H21N.C5H5N/c1-4-7-10(8-5-2)9-6-3;1-2-4-6-5-3-1/h4-9H2,1-3H3;1-5H. The maximum Gasteiger partial charge on any atom is 0.0267 e. The summed E-state index contributed by atoms with van der Waals surface area (Å²) in [4.78, 5) is 6.33. The van der Waals surface area contributed by atoms with Crippen LogP contribution in [0, 0.1) is 0 Å². The lowest BCUT2D eigenvalue weighted by Gasteiger charge is -2.19. The third-order valence-corrected chi connectivity index (χ3v) is 2.19. The molecule has 0 saturated carbocycles. The first-order chi connectivity index (χ1) is 7.85. The Bertz CT molecular complexity index is 170. The van der Waals surface area contributed by atoms with Gasteiger partial charge in [0.05, 0.1) is 0 Å². The van der Waals surface area contributed by atoms with Gasteiger partial charge in [-0.15, -0.1) is 0 Å². The normalized spacial score (nSPS) is 9.75. The Balaban J connectivity index is 0.000000315. The summed E-state index contributed by atoms with van der Waals surface area (Å²) in [7, 11) is 0. The second-order valence-corrected chi connectivity index (χ2v) is 3.87. The average molecular weight is 222 g/mol. The summed E-state index contributed by atoms with van der Waals surface area (Å²) in [6.07, 6.45) is 7.38. The van der Waals surface area contributed by atoms with E-state index in [0.29, 0.717) is 0 Å². The van der Waals surface area contributed by atoms with Crippen molar-refractivity contribution in [2.24, 2.45) is 0 Å². The molecule has 2 heteroatoms. The molecule has 0 spiro atoms. The molecular weight excluding hydrogens is 196 g/mol. The van der Waals surface area contributed by atoms with Crippen molar-refractivity contribution in [2.45, 2.75) is 40.0 Å². The van der Waals surface area contributed by atoms with E-state index in [1.165, 1.54) is 38.9 Å². The minimum atomic E-state index is 1.28. The molecule has 2 nitrogen and oxygen atoms in total. The summed E-state index contributed by atoms with van der Waals surface area (Å²) in [5, 5.41) is 0. The van der Waals surface area contributed by atoms with Crippen molar-refractivity contribution in [1.82, 2.24) is 9.88 Å². The monoisotopic (exact) mass is 222 g/mol. The molecule has 0 aliphatic carbocycles. The van der Waals surface area contributed by atoms with Crippen LogP contribution in [0.15, 0.2) is 30.6 Å². The maximum absolute atomic E-state index is 3.78. The summed E-state index contributed by atoms with van der Waals surface area (Å²) in [6, 6.07) is 5.72. The maximum atomic E-state index is 3.78. The largest absolute Gasteiger partial charge is 0.303 e. The number of aromatic nitrogens is 1. The van der Waals surface area contributed by atoms with Crippen molar-refractivity contribution < 1.29 is 0 Å². The third kappa shape index (κ3) is 9.66. The summed E-state index contributed by atoms with van der Waals surface area (Å²) >= 11 is 0. The Kier molecular flexibility index (Phi) is 11.5. The van der Waals surface area contributed by atoms with E-state index in [1.54, 1.807) is 12.4 Å². The van der Waals surface area contributed by atoms with Crippen LogP contribution < -0.4 is 0 Å². The van der Waals surface area contributed by atoms with Gasteiger partial charge in [-0.25, -0.2) is 0 Å². The molecule has 0 N–H and O–H groups in total. The summed E-state index contributed by atoms with van der Waals surface area (Å²) in [5.74, 6) is 0. The molecule has 0 fully saturated rings. The highest BCUT2D eigenvalue weighted by atomic mass is 15.1. The van der Waals surface area contributed by atoms with Gasteiger partial charge in [-0.1, -0.05) is 26.8 Å². The molecule has 0 aromatic carbocycles. The fourth-order valence-corrected chi connectivity index (χ4v) is 1.60. The molecule has 16 heavy (non-hydrogen) atoms. The predicted octanol–water partition coefficient (Wildman–Crippen LogP) is 3.60. The number of hydrogen-bond acceptors (Lipinski definition) is 2. The highest BCUT2D eigenvalue weighted by Gasteiger charge is 1.98. The fourth-order valence-electron chi connectivity index (χ4n) is 1.60. The van der Waals surface area contributed by atoms with E-state index in [-0.39, 0.29) is 0 Å². The van der Waals surface area contributed by atoms with Crippen LogP contribution in [0.1, 0.15) is 40.0 Å². The molecule has 0 amide bonds. The van der Waals surface area contributed by atoms with Crippen LogP contribution in [0.2, 0.25) is 0 Å². The minimum Gasteiger partial charge on any atom is -0.303 e. The predicted molar refractivity (Wildman–Crippen MR) is 71.6 cm³/mol. The first-order valence-electron chi connectivity index (χ1n) is 6.42. The number of pyridine rings is 1. The average Bonchev–Trinajstić information content (AvgIpc) is 2.33. The van der Waals surface area contributed by atoms with Crippen molar-refractivity contribution in [3.8, 4) is 0 Å². The SMILES string of the molecule is CCCN(CCC)CCC.c1ccncc1. The molecule has 92 valence electrons. The van der Waals surface area contributed by atoms with Gasteiger partial charge in [-0.3, -0.25) is 4.98 Å². The minimum absolute atomic E-state index is 1.28. The van der Waals surface area contributed by atoms with Crippen LogP contribution in [0.4, 0.5) is 0 Å². The lowest BCUT2D eigenvalue weighted by Crippen LogP contribution is -2.25. The third-order valence-electron chi connectivity index (χ3n) is 2.19. The van der Waals surface area contributed by atoms with E-state index >= 15 is 0 Å². The second-order valence-electron chi connectivity index (χ2n) is 3.87. The molecule has 1 rings (SSSR count). The molecule has 1 heterocycles. The van der Waals surface area contributed by atoms with Crippen molar-refractivity contribution in [3.05, 3.63) is 30.6 Å². The number of rotatable bonds is 6. The van der Waals surface area contributed by atoms with E-state index in [0.717, 1.165) is 0 Å². The second kappa shape index (κ2) is 12.2. The molecule has 0 radical (unpaired) electrons. The Morgan fingerprint density at radius 2 is 1.19 bits per heavy atom. The number of nitrogens with zero attached hydrogens (tertiary/aromatic N) is 2. The molecular formula is C14H26N2. The fraction of sp³-hybridized carbons (Fsp3) is 0.643. The first-order valence-corrected chi connectivity index (χ1v) is 6.42. The Morgan fingerprint density at radius 1 is 0.750 bits per heavy atom. The van der Waals surface area contributed by atoms with Crippen LogP contribution in [0.5, 0.6) is 0 Å². The molecule has 0 aliphatic rings. The topological polar surface area (TPSA) is 16.1 Å². The quantitative estimate of drug-likeness (QED) is 0.731. The lowest BCUT2D eigenvalue weighted by atomic mass is 10.3. The molecule has 0 atom stereocenters. The van der Waals surface area contributed by atoms with Gasteiger partial charge >= 0.3 is 0 Å². The summed E-state index contributed by atoms with van der Waals surface area (Å²) < 4.78 is 0. The van der Waals surface area contributed by atoms with E-state index < -0.39 is 0 Å². The molecule has 0 bridgehead atoms. The van der Waals surface area contributed by atoms with Crippen LogP contribution >= 0.6 is 0 Å². The highest BCUT2D eigenvalue weighted by Crippen LogP contribution is 1.94. The van der Waals surface area contributed by atoms with E-state index in [4.69, 9.17) is 0 Å². The molecule has 0 saturated heterocycles. The Hall–Kier alpha value is -0.890. The van der Waals surface area contributed by atoms with Gasteiger partial charge in [0, 0.05) is 12.4 Å². The Labute approximate surface area is 101 Å². The smallest absolute Gasteiger partial charge is 0.0267 e. The van der Waals surface area contributed by atoms with Gasteiger partial charge in [-0.2, -0.15) is 0 Å². The van der Waals surface area contributed by atoms with Gasteiger partial charge in [0.25, 0.3) is 0 Å². The van der Waals surface area contributed by atoms with Crippen molar-refractivity contribution in [1.29, 1.82) is 0 Å². The molecule has 1 aromatic heterocycles. The van der Waals surface area contributed by atoms with Crippen LogP contribution in [0.3, 0.4) is 0 Å². The number of hydrogen-bond donors (Lipinski definition) is 0. The lowest BCUT2D eigenvalue weighted by molar-refractivity contribution is 0.275. The van der Waals surface area contributed by atoms with Gasteiger partial charge < -0.3 is 4.90 Å². The van der Waals surface area contributed by atoms with Crippen molar-refractivity contribution in [3.63, 3.8) is 0 Å². The van der Waals surface area contributed by atoms with E-state index in [9.17, 15) is 0 Å². The zero-order valence-electron chi connectivity index (χ0n) is 11.0. The van der Waals surface area contributed by atoms with Crippen LogP contribution in [0.25, 0.3) is 0 Å². The van der Waals surface area contributed by atoms with E-state index in [1.807, 2.05) is 18.2 Å². The van der Waals surface area contributed by atoms with Crippen molar-refractivity contribution in [2.75, 3.05) is 19.6 Å². The first kappa shape index (κ1) is 15.1. The zero-order chi connectivity index (χ0) is 12.1. The van der Waals surface area contributed by atoms with Gasteiger partial charge in [0.15, 0.2) is 0 Å². The molecule has 1 aromatic rings. The van der Waals surface area contributed by atoms with Gasteiger partial charge in [0.1, 0.15) is 0 Å². The van der Waals surface area contributed by atoms with E-state index in [2.05, 4.69) is 30.7 Å². The summed E-state index contributed by atoms with van der Waals surface area (Å²) in [5.41, 5.74) is 0. The molecule has 0 aliphatic heterocycles. The Morgan fingerprint density at radius 3 is 1.38 bits per heavy atom. The highest BCUT2D eigenvalue weighted by molar-refractivity contribution is 4.88. The van der Waals surface area contributed by atoms with Gasteiger partial charge in [0.2, 0.25) is 0 Å².